The second-order valence-corrected chi connectivity index (χ2v) is 3.26. The normalized spacial score (nSPS) is 17.2. The van der Waals surface area contributed by atoms with Crippen LogP contribution in [0.2, 0.25) is 0 Å². The van der Waals surface area contributed by atoms with Crippen LogP contribution in [0, 0.1) is 0 Å². The number of amidine groups is 1. The maximum absolute atomic E-state index is 8.60. The fourth-order valence-electron chi connectivity index (χ4n) is 1.30. The van der Waals surface area contributed by atoms with Gasteiger partial charge < -0.3 is 20.4 Å². The van der Waals surface area contributed by atoms with Crippen molar-refractivity contribution in [1.82, 2.24) is 0 Å². The molecule has 0 aromatic heterocycles. The van der Waals surface area contributed by atoms with E-state index in [1.165, 1.54) is 0 Å². The highest BCUT2D eigenvalue weighted by Gasteiger charge is 2.21. The molecule has 1 aliphatic rings. The first-order valence-corrected chi connectivity index (χ1v) is 4.62. The van der Waals surface area contributed by atoms with Gasteiger partial charge in [0.15, 0.2) is 5.84 Å². The molecule has 1 aromatic rings. The molecule has 1 aliphatic heterocycles. The third-order valence-corrected chi connectivity index (χ3v) is 2.17. The lowest BCUT2D eigenvalue weighted by Crippen LogP contribution is -2.39. The number of ether oxygens (including phenoxy) is 2. The first-order chi connectivity index (χ1) is 7.31. The Morgan fingerprint density at radius 3 is 2.80 bits per heavy atom. The molecule has 3 N–H and O–H groups in total. The van der Waals surface area contributed by atoms with Crippen molar-refractivity contribution in [1.29, 1.82) is 0 Å². The van der Waals surface area contributed by atoms with Crippen LogP contribution in [0.25, 0.3) is 0 Å². The van der Waals surface area contributed by atoms with E-state index in [2.05, 4.69) is 5.16 Å². The number of hydrogen-bond acceptors (Lipinski definition) is 4. The Hall–Kier alpha value is -1.75. The zero-order chi connectivity index (χ0) is 10.7. The lowest BCUT2D eigenvalue weighted by Gasteiger charge is -2.27. The summed E-state index contributed by atoms with van der Waals surface area (Å²) in [6.07, 6.45) is 0.0673. The summed E-state index contributed by atoms with van der Waals surface area (Å²) in [6, 6.07) is 7.16. The van der Waals surface area contributed by atoms with Crippen molar-refractivity contribution in [2.45, 2.75) is 6.10 Å². The Morgan fingerprint density at radius 2 is 2.20 bits per heavy atom. The van der Waals surface area contributed by atoms with Gasteiger partial charge in [-0.2, -0.15) is 0 Å². The molecular formula is C10H12N2O3. The van der Waals surface area contributed by atoms with Crippen molar-refractivity contribution < 1.29 is 14.7 Å². The molecule has 0 atom stereocenters. The summed E-state index contributed by atoms with van der Waals surface area (Å²) in [5.74, 6) is 0.659. The van der Waals surface area contributed by atoms with Gasteiger partial charge in [-0.1, -0.05) is 17.3 Å². The molecule has 15 heavy (non-hydrogen) atoms. The molecule has 1 saturated heterocycles. The second-order valence-electron chi connectivity index (χ2n) is 3.26. The van der Waals surface area contributed by atoms with E-state index in [0.717, 1.165) is 0 Å². The van der Waals surface area contributed by atoms with Gasteiger partial charge in [0.05, 0.1) is 18.8 Å². The number of nitrogens with zero attached hydrogens (tertiary/aromatic N) is 1. The topological polar surface area (TPSA) is 77.1 Å². The third kappa shape index (κ3) is 2.02. The van der Waals surface area contributed by atoms with Gasteiger partial charge in [-0.3, -0.25) is 0 Å². The van der Waals surface area contributed by atoms with Crippen LogP contribution in [0.1, 0.15) is 5.56 Å². The minimum atomic E-state index is 0.0471. The lowest BCUT2D eigenvalue weighted by atomic mass is 10.2. The van der Waals surface area contributed by atoms with E-state index in [1.807, 2.05) is 6.07 Å². The Kier molecular flexibility index (Phi) is 2.73. The Bertz CT molecular complexity index is 375. The minimum Gasteiger partial charge on any atom is -0.485 e. The molecule has 2 rings (SSSR count). The van der Waals surface area contributed by atoms with E-state index in [1.54, 1.807) is 18.2 Å². The van der Waals surface area contributed by atoms with Crippen molar-refractivity contribution in [2.24, 2.45) is 10.9 Å². The summed E-state index contributed by atoms with van der Waals surface area (Å²) in [6.45, 7) is 1.18. The molecule has 0 aliphatic carbocycles. The number of para-hydroxylation sites is 1. The number of benzene rings is 1. The van der Waals surface area contributed by atoms with E-state index in [0.29, 0.717) is 24.5 Å². The van der Waals surface area contributed by atoms with Gasteiger partial charge in [0, 0.05) is 0 Å². The molecule has 1 aromatic carbocycles. The predicted molar refractivity (Wildman–Crippen MR) is 54.2 cm³/mol. The van der Waals surface area contributed by atoms with E-state index in [9.17, 15) is 0 Å². The average Bonchev–Trinajstić information content (AvgIpc) is 2.23. The fourth-order valence-corrected chi connectivity index (χ4v) is 1.30. The molecule has 0 bridgehead atoms. The van der Waals surface area contributed by atoms with Crippen LogP contribution in [0.5, 0.6) is 5.75 Å². The van der Waals surface area contributed by atoms with Gasteiger partial charge in [-0.15, -0.1) is 0 Å². The smallest absolute Gasteiger partial charge is 0.173 e. The summed E-state index contributed by atoms with van der Waals surface area (Å²) >= 11 is 0. The summed E-state index contributed by atoms with van der Waals surface area (Å²) in [5.41, 5.74) is 6.11. The first-order valence-electron chi connectivity index (χ1n) is 4.62. The standard InChI is InChI=1S/C10H12N2O3/c11-10(12-13)8-3-1-2-4-9(8)15-7-5-14-6-7/h1-4,7,13H,5-6H2,(H2,11,12). The maximum Gasteiger partial charge on any atom is 0.173 e. The van der Waals surface area contributed by atoms with Crippen LogP contribution in [0.15, 0.2) is 29.4 Å². The number of nitrogens with two attached hydrogens (primary N) is 1. The predicted octanol–water partition coefficient (Wildman–Crippen LogP) is 0.559. The summed E-state index contributed by atoms with van der Waals surface area (Å²) in [5, 5.41) is 11.6. The molecule has 80 valence electrons. The zero-order valence-electron chi connectivity index (χ0n) is 8.09. The molecule has 0 saturated carbocycles. The molecule has 0 spiro atoms. The molecule has 1 fully saturated rings. The van der Waals surface area contributed by atoms with Crippen molar-refractivity contribution in [3.63, 3.8) is 0 Å². The van der Waals surface area contributed by atoms with Crippen molar-refractivity contribution in [2.75, 3.05) is 13.2 Å². The van der Waals surface area contributed by atoms with E-state index in [4.69, 9.17) is 20.4 Å². The molecule has 0 amide bonds. The van der Waals surface area contributed by atoms with Crippen molar-refractivity contribution in [3.8, 4) is 5.75 Å². The highest BCUT2D eigenvalue weighted by Crippen LogP contribution is 2.21. The van der Waals surface area contributed by atoms with Gasteiger partial charge in [-0.25, -0.2) is 0 Å². The maximum atomic E-state index is 8.60. The Balaban J connectivity index is 2.20. The van der Waals surface area contributed by atoms with Gasteiger partial charge in [0.1, 0.15) is 11.9 Å². The largest absolute Gasteiger partial charge is 0.485 e. The Morgan fingerprint density at radius 1 is 1.47 bits per heavy atom. The molecule has 1 heterocycles. The first kappa shape index (κ1) is 9.79. The van der Waals surface area contributed by atoms with Crippen molar-refractivity contribution in [3.05, 3.63) is 29.8 Å². The lowest BCUT2D eigenvalue weighted by molar-refractivity contribution is -0.0797. The van der Waals surface area contributed by atoms with Gasteiger partial charge in [0.25, 0.3) is 0 Å². The molecular weight excluding hydrogens is 196 g/mol. The van der Waals surface area contributed by atoms with Crippen LogP contribution < -0.4 is 10.5 Å². The molecule has 0 radical (unpaired) electrons. The van der Waals surface area contributed by atoms with Crippen LogP contribution in [-0.2, 0) is 4.74 Å². The number of oxime groups is 1. The van der Waals surface area contributed by atoms with Crippen LogP contribution >= 0.6 is 0 Å². The zero-order valence-corrected chi connectivity index (χ0v) is 8.09. The molecule has 0 unspecified atom stereocenters. The Labute approximate surface area is 87.1 Å². The summed E-state index contributed by atoms with van der Waals surface area (Å²) < 4.78 is 10.6. The highest BCUT2D eigenvalue weighted by molar-refractivity contribution is 5.99. The number of rotatable bonds is 3. The molecule has 5 nitrogen and oxygen atoms in total. The summed E-state index contributed by atoms with van der Waals surface area (Å²) in [7, 11) is 0. The quantitative estimate of drug-likeness (QED) is 0.329. The van der Waals surface area contributed by atoms with E-state index >= 15 is 0 Å². The highest BCUT2D eigenvalue weighted by atomic mass is 16.6. The monoisotopic (exact) mass is 208 g/mol. The van der Waals surface area contributed by atoms with Crippen LogP contribution in [0.4, 0.5) is 0 Å². The van der Waals surface area contributed by atoms with Gasteiger partial charge >= 0.3 is 0 Å². The van der Waals surface area contributed by atoms with Crippen LogP contribution in [-0.4, -0.2) is 30.4 Å². The van der Waals surface area contributed by atoms with Crippen molar-refractivity contribution >= 4 is 5.84 Å². The second kappa shape index (κ2) is 4.18. The SMILES string of the molecule is N/C(=N/O)c1ccccc1OC1COC1. The summed E-state index contributed by atoms with van der Waals surface area (Å²) in [4.78, 5) is 0. The fraction of sp³-hybridized carbons (Fsp3) is 0.300. The van der Waals surface area contributed by atoms with E-state index in [-0.39, 0.29) is 11.9 Å². The van der Waals surface area contributed by atoms with Gasteiger partial charge in [-0.05, 0) is 12.1 Å². The minimum absolute atomic E-state index is 0.0471. The van der Waals surface area contributed by atoms with Crippen LogP contribution in [0.3, 0.4) is 0 Å². The average molecular weight is 208 g/mol. The van der Waals surface area contributed by atoms with Gasteiger partial charge in [0.2, 0.25) is 0 Å². The van der Waals surface area contributed by atoms with E-state index < -0.39 is 0 Å². The third-order valence-electron chi connectivity index (χ3n) is 2.17. The number of hydrogen-bond donors (Lipinski definition) is 2. The molecule has 5 heteroatoms.